The number of halogens is 1. The molecule has 16 heavy (non-hydrogen) atoms. The van der Waals surface area contributed by atoms with Gasteiger partial charge >= 0.3 is 0 Å². The van der Waals surface area contributed by atoms with Crippen molar-refractivity contribution in [3.63, 3.8) is 0 Å². The molecule has 0 aliphatic rings. The maximum Gasteiger partial charge on any atom is 0.220 e. The second kappa shape index (κ2) is 5.54. The van der Waals surface area contributed by atoms with Crippen molar-refractivity contribution < 1.29 is 8.42 Å². The molecule has 1 aromatic heterocycles. The third-order valence-electron chi connectivity index (χ3n) is 1.80. The summed E-state index contributed by atoms with van der Waals surface area (Å²) >= 11 is 9.41. The van der Waals surface area contributed by atoms with E-state index in [1.165, 1.54) is 22.7 Å². The molecule has 0 unspecified atom stereocenters. The van der Waals surface area contributed by atoms with Crippen molar-refractivity contribution in [2.45, 2.75) is 6.54 Å². The highest BCUT2D eigenvalue weighted by Gasteiger charge is 2.19. The van der Waals surface area contributed by atoms with E-state index in [2.05, 4.69) is 28.1 Å². The van der Waals surface area contributed by atoms with Gasteiger partial charge in [-0.15, -0.1) is 11.3 Å². The maximum atomic E-state index is 11.7. The van der Waals surface area contributed by atoms with Crippen LogP contribution in [0.25, 0.3) is 0 Å². The van der Waals surface area contributed by atoms with Crippen LogP contribution in [0.15, 0.2) is 15.9 Å². The fraction of sp³-hybridized carbons (Fsp3) is 0.375. The van der Waals surface area contributed by atoms with Gasteiger partial charge in [0.15, 0.2) is 0 Å². The fourth-order valence-electron chi connectivity index (χ4n) is 1.04. The van der Waals surface area contributed by atoms with Crippen molar-refractivity contribution in [2.75, 3.05) is 12.8 Å². The maximum absolute atomic E-state index is 11.7. The molecule has 0 atom stereocenters. The standard InChI is InChI=1S/C8H11BrN2O2S3/c1-11(16(12,13)5-8(10)14)3-7-2-6(9)4-15-7/h2,4H,3,5H2,1H3,(H2,10,14). The van der Waals surface area contributed by atoms with Gasteiger partial charge in [0.1, 0.15) is 5.75 Å². The molecule has 0 amide bonds. The van der Waals surface area contributed by atoms with Crippen LogP contribution in [-0.2, 0) is 16.6 Å². The second-order valence-electron chi connectivity index (χ2n) is 3.21. The van der Waals surface area contributed by atoms with Crippen LogP contribution in [0.1, 0.15) is 4.88 Å². The molecule has 8 heteroatoms. The van der Waals surface area contributed by atoms with Crippen LogP contribution in [0.2, 0.25) is 0 Å². The number of sulfonamides is 1. The highest BCUT2D eigenvalue weighted by atomic mass is 79.9. The number of thiophene rings is 1. The first-order valence-corrected chi connectivity index (χ1v) is 7.95. The van der Waals surface area contributed by atoms with E-state index in [9.17, 15) is 8.42 Å². The molecule has 1 rings (SSSR count). The molecule has 0 aromatic carbocycles. The van der Waals surface area contributed by atoms with E-state index in [-0.39, 0.29) is 10.7 Å². The summed E-state index contributed by atoms with van der Waals surface area (Å²) in [7, 11) is -1.87. The third-order valence-corrected chi connectivity index (χ3v) is 5.56. The monoisotopic (exact) mass is 342 g/mol. The van der Waals surface area contributed by atoms with E-state index in [1.54, 1.807) is 0 Å². The van der Waals surface area contributed by atoms with E-state index < -0.39 is 10.0 Å². The largest absolute Gasteiger partial charge is 0.392 e. The van der Waals surface area contributed by atoms with Crippen molar-refractivity contribution in [1.82, 2.24) is 4.31 Å². The molecule has 0 fully saturated rings. The number of nitrogens with zero attached hydrogens (tertiary/aromatic N) is 1. The predicted molar refractivity (Wildman–Crippen MR) is 74.1 cm³/mol. The smallest absolute Gasteiger partial charge is 0.220 e. The molecule has 1 heterocycles. The van der Waals surface area contributed by atoms with Crippen LogP contribution in [0.3, 0.4) is 0 Å². The van der Waals surface area contributed by atoms with Gasteiger partial charge in [-0.25, -0.2) is 8.42 Å². The van der Waals surface area contributed by atoms with Crippen LogP contribution < -0.4 is 5.73 Å². The van der Waals surface area contributed by atoms with Crippen LogP contribution in [-0.4, -0.2) is 30.5 Å². The Morgan fingerprint density at radius 2 is 2.31 bits per heavy atom. The van der Waals surface area contributed by atoms with Crippen LogP contribution in [0, 0.1) is 0 Å². The van der Waals surface area contributed by atoms with E-state index in [4.69, 9.17) is 5.73 Å². The minimum absolute atomic E-state index is 0.0146. The lowest BCUT2D eigenvalue weighted by molar-refractivity contribution is 0.473. The summed E-state index contributed by atoms with van der Waals surface area (Å²) in [5.41, 5.74) is 5.23. The molecule has 0 aliphatic heterocycles. The zero-order chi connectivity index (χ0) is 12.3. The second-order valence-corrected chi connectivity index (χ2v) is 7.72. The van der Waals surface area contributed by atoms with Crippen LogP contribution >= 0.6 is 39.5 Å². The van der Waals surface area contributed by atoms with Gasteiger partial charge in [-0.1, -0.05) is 12.2 Å². The Labute approximate surface area is 113 Å². The molecule has 0 saturated carbocycles. The molecule has 0 radical (unpaired) electrons. The Morgan fingerprint density at radius 1 is 1.69 bits per heavy atom. The minimum Gasteiger partial charge on any atom is -0.392 e. The number of thiocarbonyl (C=S) groups is 1. The Morgan fingerprint density at radius 3 is 2.75 bits per heavy atom. The normalized spacial score (nSPS) is 11.9. The van der Waals surface area contributed by atoms with E-state index in [0.29, 0.717) is 6.54 Å². The molecular formula is C8H11BrN2O2S3. The summed E-state index contributed by atoms with van der Waals surface area (Å²) in [4.78, 5) is 0.945. The average Bonchev–Trinajstić information content (AvgIpc) is 2.48. The van der Waals surface area contributed by atoms with Gasteiger partial charge in [0, 0.05) is 28.3 Å². The van der Waals surface area contributed by atoms with E-state index in [1.807, 2.05) is 11.4 Å². The molecule has 2 N–H and O–H groups in total. The lowest BCUT2D eigenvalue weighted by Gasteiger charge is -2.15. The Kier molecular flexibility index (Phi) is 4.87. The molecule has 0 spiro atoms. The summed E-state index contributed by atoms with van der Waals surface area (Å²) in [6.45, 7) is 0.335. The number of hydrogen-bond acceptors (Lipinski definition) is 4. The quantitative estimate of drug-likeness (QED) is 0.824. The van der Waals surface area contributed by atoms with Crippen molar-refractivity contribution in [3.05, 3.63) is 20.8 Å². The average molecular weight is 343 g/mol. The van der Waals surface area contributed by atoms with Crippen molar-refractivity contribution in [2.24, 2.45) is 5.73 Å². The van der Waals surface area contributed by atoms with Gasteiger partial charge in [0.2, 0.25) is 10.0 Å². The van der Waals surface area contributed by atoms with Crippen molar-refractivity contribution >= 4 is 54.5 Å². The SMILES string of the molecule is CN(Cc1cc(Br)cs1)S(=O)(=O)CC(N)=S. The molecule has 1 aromatic rings. The lowest BCUT2D eigenvalue weighted by atomic mass is 10.5. The molecule has 4 nitrogen and oxygen atoms in total. The highest BCUT2D eigenvalue weighted by molar-refractivity contribution is 9.10. The number of rotatable bonds is 5. The first-order valence-electron chi connectivity index (χ1n) is 4.26. The molecule has 90 valence electrons. The predicted octanol–water partition coefficient (Wildman–Crippen LogP) is 1.56. The molecule has 0 saturated heterocycles. The van der Waals surface area contributed by atoms with Gasteiger partial charge in [-0.05, 0) is 22.0 Å². The first kappa shape index (κ1) is 14.0. The van der Waals surface area contributed by atoms with Gasteiger partial charge in [-0.2, -0.15) is 4.31 Å². The van der Waals surface area contributed by atoms with Gasteiger partial charge < -0.3 is 5.73 Å². The Bertz CT molecular complexity index is 483. The number of nitrogens with two attached hydrogens (primary N) is 1. The van der Waals surface area contributed by atoms with Gasteiger partial charge in [0.05, 0.1) is 4.99 Å². The zero-order valence-corrected chi connectivity index (χ0v) is 12.5. The summed E-state index contributed by atoms with van der Waals surface area (Å²) in [5, 5.41) is 1.91. The van der Waals surface area contributed by atoms with Crippen molar-refractivity contribution in [3.8, 4) is 0 Å². The molecule has 0 bridgehead atoms. The minimum atomic E-state index is -3.39. The van der Waals surface area contributed by atoms with Gasteiger partial charge in [0.25, 0.3) is 0 Å². The zero-order valence-electron chi connectivity index (χ0n) is 8.51. The fourth-order valence-corrected chi connectivity index (χ4v) is 3.99. The van der Waals surface area contributed by atoms with Crippen molar-refractivity contribution in [1.29, 1.82) is 0 Å². The van der Waals surface area contributed by atoms with Crippen LogP contribution in [0.4, 0.5) is 0 Å². The summed E-state index contributed by atoms with van der Waals surface area (Å²) < 4.78 is 25.6. The summed E-state index contributed by atoms with van der Waals surface area (Å²) in [5.74, 6) is -0.286. The molecule has 0 aliphatic carbocycles. The van der Waals surface area contributed by atoms with Crippen LogP contribution in [0.5, 0.6) is 0 Å². The summed E-state index contributed by atoms with van der Waals surface area (Å²) in [6, 6.07) is 1.89. The van der Waals surface area contributed by atoms with Gasteiger partial charge in [-0.3, -0.25) is 0 Å². The Hall–Kier alpha value is -0.0200. The number of hydrogen-bond donors (Lipinski definition) is 1. The first-order chi connectivity index (χ1) is 7.31. The van der Waals surface area contributed by atoms with E-state index >= 15 is 0 Å². The topological polar surface area (TPSA) is 63.4 Å². The summed E-state index contributed by atoms with van der Waals surface area (Å²) in [6.07, 6.45) is 0. The highest BCUT2D eigenvalue weighted by Crippen LogP contribution is 2.21. The Balaban J connectivity index is 2.72. The third kappa shape index (κ3) is 4.10. The lowest BCUT2D eigenvalue weighted by Crippen LogP contribution is -2.33. The van der Waals surface area contributed by atoms with E-state index in [0.717, 1.165) is 9.35 Å². The molecular weight excluding hydrogens is 332 g/mol.